The van der Waals surface area contributed by atoms with E-state index in [0.717, 1.165) is 38.5 Å². The Hall–Kier alpha value is -4.82. The fraction of sp³-hybridized carbons (Fsp3) is 0. The average Bonchev–Trinajstić information content (AvgIpc) is 3.53. The smallest absolute Gasteiger partial charge is 0.146 e. The molecule has 0 atom stereocenters. The summed E-state index contributed by atoms with van der Waals surface area (Å²) in [7, 11) is 0. The number of furan rings is 2. The van der Waals surface area contributed by atoms with Gasteiger partial charge in [0.05, 0.1) is 11.6 Å². The van der Waals surface area contributed by atoms with Gasteiger partial charge in [-0.1, -0.05) is 97.1 Å². The zero-order valence-corrected chi connectivity index (χ0v) is 19.4. The molecule has 0 amide bonds. The summed E-state index contributed by atoms with van der Waals surface area (Å²) in [4.78, 5) is 0. The van der Waals surface area contributed by atoms with E-state index in [1.165, 1.54) is 38.2 Å². The van der Waals surface area contributed by atoms with Gasteiger partial charge < -0.3 is 8.83 Å². The molecular formula is C34H20O2. The van der Waals surface area contributed by atoms with Gasteiger partial charge in [0.15, 0.2) is 0 Å². The molecule has 0 saturated carbocycles. The molecule has 0 aliphatic carbocycles. The van der Waals surface area contributed by atoms with Crippen molar-refractivity contribution < 1.29 is 8.83 Å². The lowest BCUT2D eigenvalue weighted by molar-refractivity contribution is 0.619. The Bertz CT molecular complexity index is 2030. The lowest BCUT2D eigenvalue weighted by atomic mass is 9.86. The molecule has 8 aromatic rings. The van der Waals surface area contributed by atoms with Gasteiger partial charge in [-0.3, -0.25) is 0 Å². The highest BCUT2D eigenvalue weighted by molar-refractivity contribution is 6.25. The fourth-order valence-electron chi connectivity index (χ4n) is 5.83. The molecular weight excluding hydrogens is 440 g/mol. The van der Waals surface area contributed by atoms with Gasteiger partial charge in [0.2, 0.25) is 0 Å². The first-order valence-corrected chi connectivity index (χ1v) is 12.2. The molecule has 2 aromatic heterocycles. The van der Waals surface area contributed by atoms with Crippen molar-refractivity contribution in [3.8, 4) is 22.3 Å². The Morgan fingerprint density at radius 1 is 0.417 bits per heavy atom. The quantitative estimate of drug-likeness (QED) is 0.240. The van der Waals surface area contributed by atoms with E-state index in [4.69, 9.17) is 8.83 Å². The van der Waals surface area contributed by atoms with E-state index in [2.05, 4.69) is 97.1 Å². The third kappa shape index (κ3) is 2.61. The minimum atomic E-state index is 0.846. The molecule has 0 radical (unpaired) electrons. The molecule has 2 nitrogen and oxygen atoms in total. The van der Waals surface area contributed by atoms with Crippen LogP contribution in [0.15, 0.2) is 130 Å². The molecule has 0 aliphatic heterocycles. The highest BCUT2D eigenvalue weighted by atomic mass is 16.3. The van der Waals surface area contributed by atoms with Crippen LogP contribution in [-0.2, 0) is 0 Å². The van der Waals surface area contributed by atoms with Gasteiger partial charge in [-0.15, -0.1) is 0 Å². The van der Waals surface area contributed by atoms with Gasteiger partial charge >= 0.3 is 0 Å². The summed E-state index contributed by atoms with van der Waals surface area (Å²) in [5.74, 6) is 0. The summed E-state index contributed by atoms with van der Waals surface area (Å²) in [6.07, 6.45) is 1.92. The Balaban J connectivity index is 1.53. The van der Waals surface area contributed by atoms with Crippen molar-refractivity contribution in [2.45, 2.75) is 0 Å². The highest BCUT2D eigenvalue weighted by Crippen LogP contribution is 2.47. The standard InChI is InChI=1S/C34H20O2/c1-2-10-21(11-3-1)31-22-12-4-6-14-24(22)32(25-15-7-5-13-23(25)31)28-20-35-34-26(28)18-19-30-33(34)27-16-8-9-17-29(27)36-30/h1-20H. The molecule has 0 unspecified atom stereocenters. The summed E-state index contributed by atoms with van der Waals surface area (Å²) in [6.45, 7) is 0. The van der Waals surface area contributed by atoms with Crippen LogP contribution in [0.2, 0.25) is 0 Å². The monoisotopic (exact) mass is 460 g/mol. The maximum atomic E-state index is 6.34. The van der Waals surface area contributed by atoms with Crippen molar-refractivity contribution in [1.82, 2.24) is 0 Å². The molecule has 0 bridgehead atoms. The first-order chi connectivity index (χ1) is 17.9. The zero-order valence-electron chi connectivity index (χ0n) is 19.4. The molecule has 168 valence electrons. The van der Waals surface area contributed by atoms with Crippen LogP contribution in [0.3, 0.4) is 0 Å². The van der Waals surface area contributed by atoms with Crippen LogP contribution < -0.4 is 0 Å². The minimum absolute atomic E-state index is 0.846. The van der Waals surface area contributed by atoms with Crippen LogP contribution >= 0.6 is 0 Å². The van der Waals surface area contributed by atoms with Gasteiger partial charge in [-0.25, -0.2) is 0 Å². The van der Waals surface area contributed by atoms with Crippen LogP contribution in [0.25, 0.3) is 76.7 Å². The van der Waals surface area contributed by atoms with Gasteiger partial charge in [0, 0.05) is 21.9 Å². The van der Waals surface area contributed by atoms with Crippen molar-refractivity contribution in [2.75, 3.05) is 0 Å². The van der Waals surface area contributed by atoms with Gasteiger partial charge in [0.25, 0.3) is 0 Å². The predicted molar refractivity (Wildman–Crippen MR) is 149 cm³/mol. The molecule has 0 fully saturated rings. The van der Waals surface area contributed by atoms with Crippen molar-refractivity contribution in [3.63, 3.8) is 0 Å². The first-order valence-electron chi connectivity index (χ1n) is 12.2. The van der Waals surface area contributed by atoms with Crippen molar-refractivity contribution in [1.29, 1.82) is 0 Å². The fourth-order valence-corrected chi connectivity index (χ4v) is 5.83. The number of hydrogen-bond donors (Lipinski definition) is 0. The van der Waals surface area contributed by atoms with Crippen molar-refractivity contribution >= 4 is 54.5 Å². The third-order valence-electron chi connectivity index (χ3n) is 7.34. The number of fused-ring (bicyclic) bond motifs is 7. The number of benzene rings is 6. The second-order valence-corrected chi connectivity index (χ2v) is 9.27. The molecule has 6 aromatic carbocycles. The molecule has 0 spiro atoms. The number of rotatable bonds is 2. The van der Waals surface area contributed by atoms with Gasteiger partial charge in [-0.05, 0) is 50.9 Å². The second-order valence-electron chi connectivity index (χ2n) is 9.27. The van der Waals surface area contributed by atoms with E-state index in [0.29, 0.717) is 0 Å². The van der Waals surface area contributed by atoms with Crippen molar-refractivity contribution in [3.05, 3.63) is 122 Å². The molecule has 8 rings (SSSR count). The van der Waals surface area contributed by atoms with E-state index in [-0.39, 0.29) is 0 Å². The third-order valence-corrected chi connectivity index (χ3v) is 7.34. The Morgan fingerprint density at radius 3 is 1.69 bits per heavy atom. The molecule has 2 heteroatoms. The second kappa shape index (κ2) is 7.34. The summed E-state index contributed by atoms with van der Waals surface area (Å²) in [6, 6.07) is 40.5. The largest absolute Gasteiger partial charge is 0.463 e. The molecule has 36 heavy (non-hydrogen) atoms. The van der Waals surface area contributed by atoms with Crippen LogP contribution in [0.1, 0.15) is 0 Å². The van der Waals surface area contributed by atoms with Crippen LogP contribution in [0.4, 0.5) is 0 Å². The van der Waals surface area contributed by atoms with Crippen LogP contribution in [-0.4, -0.2) is 0 Å². The number of hydrogen-bond acceptors (Lipinski definition) is 2. The SMILES string of the molecule is c1ccc(-c2c3ccccc3c(-c3coc4c3ccc3oc5ccccc5c34)c3ccccc23)cc1. The lowest BCUT2D eigenvalue weighted by Gasteiger charge is -2.17. The highest BCUT2D eigenvalue weighted by Gasteiger charge is 2.21. The number of para-hydroxylation sites is 1. The van der Waals surface area contributed by atoms with E-state index in [1.807, 2.05) is 24.5 Å². The van der Waals surface area contributed by atoms with Crippen LogP contribution in [0, 0.1) is 0 Å². The minimum Gasteiger partial charge on any atom is -0.463 e. The topological polar surface area (TPSA) is 26.3 Å². The average molecular weight is 461 g/mol. The summed E-state index contributed by atoms with van der Waals surface area (Å²) < 4.78 is 12.5. The van der Waals surface area contributed by atoms with Gasteiger partial charge in [0.1, 0.15) is 16.7 Å². The van der Waals surface area contributed by atoms with Crippen LogP contribution in [0.5, 0.6) is 0 Å². The van der Waals surface area contributed by atoms with Gasteiger partial charge in [-0.2, -0.15) is 0 Å². The van der Waals surface area contributed by atoms with E-state index < -0.39 is 0 Å². The van der Waals surface area contributed by atoms with E-state index in [1.54, 1.807) is 0 Å². The predicted octanol–water partition coefficient (Wildman–Crippen LogP) is 9.97. The maximum Gasteiger partial charge on any atom is 0.146 e. The lowest BCUT2D eigenvalue weighted by Crippen LogP contribution is -1.90. The Labute approximate surface area is 207 Å². The summed E-state index contributed by atoms with van der Waals surface area (Å²) in [5.41, 5.74) is 7.38. The van der Waals surface area contributed by atoms with E-state index >= 15 is 0 Å². The van der Waals surface area contributed by atoms with E-state index in [9.17, 15) is 0 Å². The van der Waals surface area contributed by atoms with Crippen molar-refractivity contribution in [2.24, 2.45) is 0 Å². The molecule has 0 saturated heterocycles. The summed E-state index contributed by atoms with van der Waals surface area (Å²) >= 11 is 0. The molecule has 0 aliphatic rings. The Morgan fingerprint density at radius 2 is 1.00 bits per heavy atom. The summed E-state index contributed by atoms with van der Waals surface area (Å²) in [5, 5.41) is 8.11. The first kappa shape index (κ1) is 19.5. The Kier molecular flexibility index (Phi) is 3.97. The maximum absolute atomic E-state index is 6.34. The normalized spacial score (nSPS) is 11.9. The zero-order chi connectivity index (χ0) is 23.6. The molecule has 2 heterocycles. The molecule has 0 N–H and O–H groups in total.